The maximum atomic E-state index is 12.6. The molecule has 2 aliphatic heterocycles. The summed E-state index contributed by atoms with van der Waals surface area (Å²) in [6, 6.07) is 7.96. The maximum absolute atomic E-state index is 12.6. The van der Waals surface area contributed by atoms with E-state index in [9.17, 15) is 4.79 Å². The number of carbonyl (C=O) groups excluding carboxylic acids is 1. The Morgan fingerprint density at radius 2 is 1.90 bits per heavy atom. The molecule has 0 aliphatic carbocycles. The predicted octanol–water partition coefficient (Wildman–Crippen LogP) is 1.80. The molecule has 2 atom stereocenters. The van der Waals surface area contributed by atoms with Gasteiger partial charge in [-0.3, -0.25) is 4.79 Å². The summed E-state index contributed by atoms with van der Waals surface area (Å²) in [7, 11) is 2.17. The van der Waals surface area contributed by atoms with E-state index in [1.54, 1.807) is 0 Å². The van der Waals surface area contributed by atoms with Gasteiger partial charge in [0.2, 0.25) is 0 Å². The number of rotatable bonds is 1. The first kappa shape index (κ1) is 12.0. The highest BCUT2D eigenvalue weighted by molar-refractivity contribution is 5.98. The lowest BCUT2D eigenvalue weighted by Gasteiger charge is -2.19. The number of carbonyl (C=O) groups is 1. The lowest BCUT2D eigenvalue weighted by molar-refractivity contribution is 0.0776. The van der Waals surface area contributed by atoms with Gasteiger partial charge in [0.05, 0.1) is 0 Å². The molecule has 0 saturated carbocycles. The van der Waals surface area contributed by atoms with Crippen molar-refractivity contribution in [2.24, 2.45) is 11.8 Å². The van der Waals surface area contributed by atoms with Crippen LogP contribution >= 0.6 is 0 Å². The monoisotopic (exact) mass is 269 g/mol. The van der Waals surface area contributed by atoms with E-state index >= 15 is 0 Å². The Labute approximate surface area is 118 Å². The molecule has 2 unspecified atom stereocenters. The van der Waals surface area contributed by atoms with E-state index in [1.807, 2.05) is 35.4 Å². The first-order valence-corrected chi connectivity index (χ1v) is 7.25. The Balaban J connectivity index is 1.55. The van der Waals surface area contributed by atoms with E-state index in [1.165, 1.54) is 0 Å². The highest BCUT2D eigenvalue weighted by Crippen LogP contribution is 2.31. The molecule has 2 fully saturated rings. The lowest BCUT2D eigenvalue weighted by atomic mass is 10.0. The number of amides is 1. The summed E-state index contributed by atoms with van der Waals surface area (Å²) < 4.78 is 0. The zero-order valence-corrected chi connectivity index (χ0v) is 11.7. The highest BCUT2D eigenvalue weighted by atomic mass is 16.2. The molecule has 20 heavy (non-hydrogen) atoms. The summed E-state index contributed by atoms with van der Waals surface area (Å²) in [5.41, 5.74) is 1.84. The number of aromatic amines is 1. The molecule has 104 valence electrons. The standard InChI is InChI=1S/C16H19N3O/c1-18-7-13-9-19(10-14(13)8-18)16(20)12-3-2-11-4-5-17-15(11)6-12/h2-6,13-14,17H,7-10H2,1H3. The smallest absolute Gasteiger partial charge is 0.253 e. The summed E-state index contributed by atoms with van der Waals surface area (Å²) in [5.74, 6) is 1.51. The zero-order chi connectivity index (χ0) is 13.7. The fourth-order valence-corrected chi connectivity index (χ4v) is 3.76. The zero-order valence-electron chi connectivity index (χ0n) is 11.7. The van der Waals surface area contributed by atoms with Gasteiger partial charge in [-0.1, -0.05) is 6.07 Å². The minimum absolute atomic E-state index is 0.179. The molecule has 0 spiro atoms. The van der Waals surface area contributed by atoms with Crippen LogP contribution in [0.5, 0.6) is 0 Å². The third-order valence-electron chi connectivity index (χ3n) is 4.76. The predicted molar refractivity (Wildman–Crippen MR) is 78.7 cm³/mol. The van der Waals surface area contributed by atoms with Crippen molar-refractivity contribution in [1.82, 2.24) is 14.8 Å². The number of hydrogen-bond donors (Lipinski definition) is 1. The van der Waals surface area contributed by atoms with Crippen molar-refractivity contribution in [2.45, 2.75) is 0 Å². The molecule has 4 heteroatoms. The van der Waals surface area contributed by atoms with Gasteiger partial charge in [0.25, 0.3) is 5.91 Å². The average Bonchev–Trinajstić information content (AvgIpc) is 3.09. The summed E-state index contributed by atoms with van der Waals surface area (Å²) in [4.78, 5) is 20.2. The summed E-state index contributed by atoms with van der Waals surface area (Å²) >= 11 is 0. The second-order valence-electron chi connectivity index (χ2n) is 6.23. The summed E-state index contributed by atoms with van der Waals surface area (Å²) in [6.45, 7) is 4.08. The molecule has 1 amide bonds. The van der Waals surface area contributed by atoms with Crippen molar-refractivity contribution in [1.29, 1.82) is 0 Å². The second-order valence-corrected chi connectivity index (χ2v) is 6.23. The van der Waals surface area contributed by atoms with Gasteiger partial charge in [-0.25, -0.2) is 0 Å². The molecular formula is C16H19N3O. The van der Waals surface area contributed by atoms with Crippen LogP contribution in [0.15, 0.2) is 30.5 Å². The molecule has 2 aliphatic rings. The second kappa shape index (κ2) is 4.35. The molecule has 3 heterocycles. The first-order chi connectivity index (χ1) is 9.70. The van der Waals surface area contributed by atoms with Crippen LogP contribution in [0.25, 0.3) is 10.9 Å². The van der Waals surface area contributed by atoms with Gasteiger partial charge in [-0.2, -0.15) is 0 Å². The third kappa shape index (κ3) is 1.83. The Kier molecular flexibility index (Phi) is 2.60. The summed E-state index contributed by atoms with van der Waals surface area (Å²) in [6.07, 6.45) is 1.91. The molecular weight excluding hydrogens is 250 g/mol. The molecule has 1 aromatic heterocycles. The van der Waals surface area contributed by atoms with Crippen LogP contribution in [0.1, 0.15) is 10.4 Å². The van der Waals surface area contributed by atoms with Crippen LogP contribution in [-0.4, -0.2) is 53.9 Å². The van der Waals surface area contributed by atoms with E-state index in [-0.39, 0.29) is 5.91 Å². The maximum Gasteiger partial charge on any atom is 0.253 e. The van der Waals surface area contributed by atoms with Crippen LogP contribution in [0.2, 0.25) is 0 Å². The van der Waals surface area contributed by atoms with Crippen molar-refractivity contribution in [3.05, 3.63) is 36.0 Å². The Morgan fingerprint density at radius 1 is 1.15 bits per heavy atom. The lowest BCUT2D eigenvalue weighted by Crippen LogP contribution is -2.32. The van der Waals surface area contributed by atoms with E-state index in [0.29, 0.717) is 11.8 Å². The topological polar surface area (TPSA) is 39.3 Å². The van der Waals surface area contributed by atoms with Gasteiger partial charge in [0.1, 0.15) is 0 Å². The first-order valence-electron chi connectivity index (χ1n) is 7.25. The Bertz CT molecular complexity index is 649. The fraction of sp³-hybridized carbons (Fsp3) is 0.438. The van der Waals surface area contributed by atoms with Crippen LogP contribution in [0, 0.1) is 11.8 Å². The van der Waals surface area contributed by atoms with Crippen molar-refractivity contribution < 1.29 is 4.79 Å². The molecule has 0 bridgehead atoms. The minimum Gasteiger partial charge on any atom is -0.361 e. The van der Waals surface area contributed by atoms with E-state index in [4.69, 9.17) is 0 Å². The molecule has 4 nitrogen and oxygen atoms in total. The Morgan fingerprint density at radius 3 is 2.65 bits per heavy atom. The molecule has 4 rings (SSSR count). The quantitative estimate of drug-likeness (QED) is 0.857. The van der Waals surface area contributed by atoms with Crippen LogP contribution in [-0.2, 0) is 0 Å². The number of H-pyrrole nitrogens is 1. The van der Waals surface area contributed by atoms with E-state index in [2.05, 4.69) is 16.9 Å². The molecule has 2 aromatic rings. The molecule has 1 aromatic carbocycles. The van der Waals surface area contributed by atoms with Crippen molar-refractivity contribution >= 4 is 16.8 Å². The van der Waals surface area contributed by atoms with E-state index < -0.39 is 0 Å². The number of aromatic nitrogens is 1. The van der Waals surface area contributed by atoms with Gasteiger partial charge < -0.3 is 14.8 Å². The van der Waals surface area contributed by atoms with Crippen molar-refractivity contribution in [3.8, 4) is 0 Å². The van der Waals surface area contributed by atoms with Gasteiger partial charge in [0, 0.05) is 43.5 Å². The number of benzene rings is 1. The summed E-state index contributed by atoms with van der Waals surface area (Å²) in [5, 5.41) is 1.15. The van der Waals surface area contributed by atoms with Crippen LogP contribution in [0.4, 0.5) is 0 Å². The highest BCUT2D eigenvalue weighted by Gasteiger charge is 2.40. The molecule has 0 radical (unpaired) electrons. The van der Waals surface area contributed by atoms with Crippen LogP contribution in [0.3, 0.4) is 0 Å². The van der Waals surface area contributed by atoms with Crippen LogP contribution < -0.4 is 0 Å². The molecule has 1 N–H and O–H groups in total. The van der Waals surface area contributed by atoms with Gasteiger partial charge in [-0.15, -0.1) is 0 Å². The number of likely N-dealkylation sites (tertiary alicyclic amines) is 2. The van der Waals surface area contributed by atoms with Gasteiger partial charge in [-0.05, 0) is 42.5 Å². The SMILES string of the molecule is CN1CC2CN(C(=O)c3ccc4cc[nH]c4c3)CC2C1. The fourth-order valence-electron chi connectivity index (χ4n) is 3.76. The minimum atomic E-state index is 0.179. The van der Waals surface area contributed by atoms with Gasteiger partial charge in [0.15, 0.2) is 0 Å². The van der Waals surface area contributed by atoms with Gasteiger partial charge >= 0.3 is 0 Å². The number of fused-ring (bicyclic) bond motifs is 2. The third-order valence-corrected chi connectivity index (χ3v) is 4.76. The van der Waals surface area contributed by atoms with Crippen molar-refractivity contribution in [3.63, 3.8) is 0 Å². The largest absolute Gasteiger partial charge is 0.361 e. The number of hydrogen-bond acceptors (Lipinski definition) is 2. The average molecular weight is 269 g/mol. The van der Waals surface area contributed by atoms with Crippen molar-refractivity contribution in [2.75, 3.05) is 33.2 Å². The Hall–Kier alpha value is -1.81. The van der Waals surface area contributed by atoms with E-state index in [0.717, 1.165) is 42.6 Å². The number of nitrogens with zero attached hydrogens (tertiary/aromatic N) is 2. The normalized spacial score (nSPS) is 26.4. The molecule has 2 saturated heterocycles. The number of nitrogens with one attached hydrogen (secondary N) is 1.